The number of benzene rings is 1. The summed E-state index contributed by atoms with van der Waals surface area (Å²) in [5, 5.41) is 14.7. The van der Waals surface area contributed by atoms with Gasteiger partial charge in [0.05, 0.1) is 0 Å². The number of hydrogen-bond donors (Lipinski definition) is 3. The molecule has 0 aliphatic carbocycles. The van der Waals surface area contributed by atoms with Gasteiger partial charge in [-0.3, -0.25) is 4.79 Å². The zero-order valence-corrected chi connectivity index (χ0v) is 11.3. The standard InChI is InChI=1S/C13H20N4O2/c1-17(2)12(18)7-8-15-9-10-3-5-11(6-4-10)13(14)16-19/h3-6,15,19H,7-9H2,1-2H3,(H2,14,16). The van der Waals surface area contributed by atoms with E-state index in [0.29, 0.717) is 25.1 Å². The summed E-state index contributed by atoms with van der Waals surface area (Å²) in [4.78, 5) is 12.9. The number of hydrogen-bond acceptors (Lipinski definition) is 4. The van der Waals surface area contributed by atoms with E-state index in [1.165, 1.54) is 0 Å². The van der Waals surface area contributed by atoms with Crippen LogP contribution in [0.1, 0.15) is 17.5 Å². The van der Waals surface area contributed by atoms with Crippen LogP contribution in [0.2, 0.25) is 0 Å². The first kappa shape index (κ1) is 15.0. The summed E-state index contributed by atoms with van der Waals surface area (Å²) in [7, 11) is 3.49. The molecule has 0 fully saturated rings. The highest BCUT2D eigenvalue weighted by molar-refractivity contribution is 5.96. The Labute approximate surface area is 112 Å². The molecule has 4 N–H and O–H groups in total. The van der Waals surface area contributed by atoms with Gasteiger partial charge in [-0.1, -0.05) is 29.4 Å². The van der Waals surface area contributed by atoms with E-state index in [1.54, 1.807) is 31.1 Å². The summed E-state index contributed by atoms with van der Waals surface area (Å²) in [6.07, 6.45) is 0.481. The molecule has 0 aromatic heterocycles. The molecular formula is C13H20N4O2. The average Bonchev–Trinajstić information content (AvgIpc) is 2.43. The smallest absolute Gasteiger partial charge is 0.223 e. The third-order valence-electron chi connectivity index (χ3n) is 2.70. The lowest BCUT2D eigenvalue weighted by Gasteiger charge is -2.10. The van der Waals surface area contributed by atoms with Crippen LogP contribution in [0, 0.1) is 0 Å². The maximum Gasteiger partial charge on any atom is 0.223 e. The van der Waals surface area contributed by atoms with E-state index in [2.05, 4.69) is 10.5 Å². The largest absolute Gasteiger partial charge is 0.409 e. The fourth-order valence-electron chi connectivity index (χ4n) is 1.50. The highest BCUT2D eigenvalue weighted by atomic mass is 16.4. The van der Waals surface area contributed by atoms with E-state index in [0.717, 1.165) is 5.56 Å². The van der Waals surface area contributed by atoms with Crippen LogP contribution in [-0.4, -0.2) is 42.5 Å². The molecule has 0 aliphatic heterocycles. The fourth-order valence-corrected chi connectivity index (χ4v) is 1.50. The fraction of sp³-hybridized carbons (Fsp3) is 0.385. The summed E-state index contributed by atoms with van der Waals surface area (Å²) in [6, 6.07) is 7.37. The molecule has 1 amide bonds. The first-order valence-electron chi connectivity index (χ1n) is 6.02. The van der Waals surface area contributed by atoms with Gasteiger partial charge in [-0.25, -0.2) is 0 Å². The predicted octanol–water partition coefficient (Wildman–Crippen LogP) is 0.349. The van der Waals surface area contributed by atoms with Gasteiger partial charge in [-0.05, 0) is 5.56 Å². The van der Waals surface area contributed by atoms with Crippen molar-refractivity contribution in [3.8, 4) is 0 Å². The van der Waals surface area contributed by atoms with Gasteiger partial charge in [0.15, 0.2) is 5.84 Å². The predicted molar refractivity (Wildman–Crippen MR) is 74.0 cm³/mol. The molecule has 0 atom stereocenters. The Morgan fingerprint density at radius 1 is 1.37 bits per heavy atom. The highest BCUT2D eigenvalue weighted by Gasteiger charge is 2.03. The molecule has 0 saturated heterocycles. The molecule has 0 aliphatic rings. The highest BCUT2D eigenvalue weighted by Crippen LogP contribution is 2.04. The number of rotatable bonds is 6. The van der Waals surface area contributed by atoms with Crippen LogP contribution in [0.3, 0.4) is 0 Å². The van der Waals surface area contributed by atoms with E-state index in [1.807, 2.05) is 12.1 Å². The normalized spacial score (nSPS) is 11.4. The van der Waals surface area contributed by atoms with Crippen molar-refractivity contribution in [2.75, 3.05) is 20.6 Å². The number of oxime groups is 1. The Bertz CT molecular complexity index is 440. The molecule has 6 nitrogen and oxygen atoms in total. The van der Waals surface area contributed by atoms with E-state index in [4.69, 9.17) is 10.9 Å². The lowest BCUT2D eigenvalue weighted by molar-refractivity contribution is -0.128. The summed E-state index contributed by atoms with van der Waals surface area (Å²) >= 11 is 0. The van der Waals surface area contributed by atoms with Gasteiger partial charge >= 0.3 is 0 Å². The van der Waals surface area contributed by atoms with Crippen molar-refractivity contribution in [3.05, 3.63) is 35.4 Å². The van der Waals surface area contributed by atoms with E-state index < -0.39 is 0 Å². The summed E-state index contributed by atoms with van der Waals surface area (Å²) in [6.45, 7) is 1.32. The number of amides is 1. The lowest BCUT2D eigenvalue weighted by atomic mass is 10.1. The van der Waals surface area contributed by atoms with Crippen LogP contribution in [0.5, 0.6) is 0 Å². The molecule has 0 bridgehead atoms. The van der Waals surface area contributed by atoms with E-state index in [9.17, 15) is 4.79 Å². The summed E-state index contributed by atoms with van der Waals surface area (Å²) in [5.74, 6) is 0.200. The summed E-state index contributed by atoms with van der Waals surface area (Å²) < 4.78 is 0. The van der Waals surface area contributed by atoms with E-state index in [-0.39, 0.29) is 11.7 Å². The quantitative estimate of drug-likeness (QED) is 0.227. The Kier molecular flexibility index (Phi) is 5.81. The first-order valence-corrected chi connectivity index (χ1v) is 6.02. The molecular weight excluding hydrogens is 244 g/mol. The second-order valence-corrected chi connectivity index (χ2v) is 4.40. The van der Waals surface area contributed by atoms with Crippen LogP contribution >= 0.6 is 0 Å². The summed E-state index contributed by atoms with van der Waals surface area (Å²) in [5.41, 5.74) is 7.22. The average molecular weight is 264 g/mol. The molecule has 0 radical (unpaired) electrons. The molecule has 0 spiro atoms. The number of nitrogens with one attached hydrogen (secondary N) is 1. The molecule has 1 aromatic carbocycles. The minimum absolute atomic E-state index is 0.0936. The van der Waals surface area contributed by atoms with Crippen molar-refractivity contribution in [1.29, 1.82) is 0 Å². The van der Waals surface area contributed by atoms with Gasteiger partial charge in [0.2, 0.25) is 5.91 Å². The van der Waals surface area contributed by atoms with Crippen molar-refractivity contribution >= 4 is 11.7 Å². The van der Waals surface area contributed by atoms with Crippen molar-refractivity contribution in [1.82, 2.24) is 10.2 Å². The molecule has 6 heteroatoms. The number of nitrogens with two attached hydrogens (primary N) is 1. The van der Waals surface area contributed by atoms with Crippen molar-refractivity contribution in [3.63, 3.8) is 0 Å². The van der Waals surface area contributed by atoms with Crippen molar-refractivity contribution < 1.29 is 10.0 Å². The molecule has 0 heterocycles. The maximum atomic E-state index is 11.3. The van der Waals surface area contributed by atoms with Gasteiger partial charge in [0.1, 0.15) is 0 Å². The number of nitrogens with zero attached hydrogens (tertiary/aromatic N) is 2. The van der Waals surface area contributed by atoms with Crippen LogP contribution in [0.4, 0.5) is 0 Å². The van der Waals surface area contributed by atoms with Gasteiger partial charge in [0, 0.05) is 39.2 Å². The Hall–Kier alpha value is -2.08. The minimum Gasteiger partial charge on any atom is -0.409 e. The maximum absolute atomic E-state index is 11.3. The van der Waals surface area contributed by atoms with Gasteiger partial charge in [-0.15, -0.1) is 0 Å². The molecule has 0 saturated carbocycles. The van der Waals surface area contributed by atoms with Gasteiger partial charge in [-0.2, -0.15) is 0 Å². The first-order chi connectivity index (χ1) is 9.04. The third kappa shape index (κ3) is 4.97. The SMILES string of the molecule is CN(C)C(=O)CCNCc1ccc(C(N)=NO)cc1. The van der Waals surface area contributed by atoms with Gasteiger partial charge in [0.25, 0.3) is 0 Å². The number of amidine groups is 1. The van der Waals surface area contributed by atoms with Crippen LogP contribution < -0.4 is 11.1 Å². The number of carbonyl (C=O) groups is 1. The van der Waals surface area contributed by atoms with Crippen LogP contribution in [-0.2, 0) is 11.3 Å². The molecule has 1 rings (SSSR count). The monoisotopic (exact) mass is 264 g/mol. The second-order valence-electron chi connectivity index (χ2n) is 4.40. The minimum atomic E-state index is 0.0936. The topological polar surface area (TPSA) is 91.0 Å². The van der Waals surface area contributed by atoms with Crippen molar-refractivity contribution in [2.24, 2.45) is 10.9 Å². The number of carbonyl (C=O) groups excluding carboxylic acids is 1. The third-order valence-corrected chi connectivity index (χ3v) is 2.70. The molecule has 19 heavy (non-hydrogen) atoms. The van der Waals surface area contributed by atoms with Crippen LogP contribution in [0.25, 0.3) is 0 Å². The van der Waals surface area contributed by atoms with Crippen LogP contribution in [0.15, 0.2) is 29.4 Å². The molecule has 104 valence electrons. The van der Waals surface area contributed by atoms with Crippen molar-refractivity contribution in [2.45, 2.75) is 13.0 Å². The Morgan fingerprint density at radius 2 is 2.00 bits per heavy atom. The Balaban J connectivity index is 2.36. The lowest BCUT2D eigenvalue weighted by Crippen LogP contribution is -2.26. The zero-order chi connectivity index (χ0) is 14.3. The van der Waals surface area contributed by atoms with Gasteiger partial charge < -0.3 is 21.2 Å². The molecule has 1 aromatic rings. The Morgan fingerprint density at radius 3 is 2.53 bits per heavy atom. The zero-order valence-electron chi connectivity index (χ0n) is 11.3. The van der Waals surface area contributed by atoms with E-state index >= 15 is 0 Å². The second kappa shape index (κ2) is 7.38. The molecule has 0 unspecified atom stereocenters.